The van der Waals surface area contributed by atoms with Crippen LogP contribution in [0.25, 0.3) is 16.9 Å². The Kier molecular flexibility index (Phi) is 5.69. The Morgan fingerprint density at radius 3 is 2.77 bits per heavy atom. The number of hydrazone groups is 1. The van der Waals surface area contributed by atoms with E-state index in [1.165, 1.54) is 0 Å². The van der Waals surface area contributed by atoms with Crippen LogP contribution in [0.2, 0.25) is 5.02 Å². The van der Waals surface area contributed by atoms with Gasteiger partial charge < -0.3 is 9.15 Å². The topological polar surface area (TPSA) is 101 Å². The highest BCUT2D eigenvalue weighted by atomic mass is 35.5. The van der Waals surface area contributed by atoms with Crippen molar-refractivity contribution in [1.29, 1.82) is 5.26 Å². The van der Waals surface area contributed by atoms with Crippen LogP contribution in [0.15, 0.2) is 64.2 Å². The van der Waals surface area contributed by atoms with E-state index in [1.54, 1.807) is 37.1 Å². The molecule has 9 heteroatoms. The summed E-state index contributed by atoms with van der Waals surface area (Å²) in [5.74, 6) is 1.13. The Morgan fingerprint density at radius 1 is 1.26 bits per heavy atom. The lowest BCUT2D eigenvalue weighted by Crippen LogP contribution is -1.94. The number of hydrogen-bond acceptors (Lipinski definition) is 7. The third-order valence-electron chi connectivity index (χ3n) is 4.40. The van der Waals surface area contributed by atoms with Crippen LogP contribution in [0.4, 0.5) is 5.88 Å². The van der Waals surface area contributed by atoms with Gasteiger partial charge in [-0.1, -0.05) is 29.8 Å². The number of aromatic nitrogens is 3. The molecule has 0 saturated heterocycles. The summed E-state index contributed by atoms with van der Waals surface area (Å²) in [5, 5.41) is 18.5. The standard InChI is InChI=1S/C22H17ClN6O2/c1-14-26-19(11-24)22(31-14)27-25-12-16-13-29(17-6-4-3-5-7-17)28-21(16)15-8-9-20(30-2)18(23)10-15/h3-10,12-13,27H,1-2H3. The first-order valence-electron chi connectivity index (χ1n) is 9.24. The molecular formula is C22H17ClN6O2. The van der Waals surface area contributed by atoms with Gasteiger partial charge in [0.05, 0.1) is 24.0 Å². The van der Waals surface area contributed by atoms with Crippen LogP contribution < -0.4 is 10.2 Å². The van der Waals surface area contributed by atoms with Crippen LogP contribution in [0.5, 0.6) is 5.75 Å². The van der Waals surface area contributed by atoms with Crippen LogP contribution in [-0.4, -0.2) is 28.1 Å². The fraction of sp³-hybridized carbons (Fsp3) is 0.0909. The van der Waals surface area contributed by atoms with E-state index < -0.39 is 0 Å². The fourth-order valence-electron chi connectivity index (χ4n) is 2.97. The van der Waals surface area contributed by atoms with E-state index in [0.29, 0.717) is 22.4 Å². The Balaban J connectivity index is 1.72. The van der Waals surface area contributed by atoms with E-state index in [4.69, 9.17) is 31.1 Å². The van der Waals surface area contributed by atoms with Crippen molar-refractivity contribution in [3.05, 3.63) is 76.9 Å². The number of aryl methyl sites for hydroxylation is 1. The second-order valence-electron chi connectivity index (χ2n) is 6.45. The lowest BCUT2D eigenvalue weighted by Gasteiger charge is -2.05. The molecule has 8 nitrogen and oxygen atoms in total. The lowest BCUT2D eigenvalue weighted by molar-refractivity contribution is 0.415. The molecule has 0 aliphatic rings. The van der Waals surface area contributed by atoms with E-state index in [2.05, 4.69) is 15.5 Å². The van der Waals surface area contributed by atoms with E-state index in [0.717, 1.165) is 16.8 Å². The predicted octanol–water partition coefficient (Wildman–Crippen LogP) is 4.82. The third kappa shape index (κ3) is 4.27. The first kappa shape index (κ1) is 20.2. The molecule has 4 aromatic rings. The average molecular weight is 433 g/mol. The molecule has 0 saturated carbocycles. The molecule has 2 heterocycles. The molecule has 0 aliphatic heterocycles. The number of nitrogens with one attached hydrogen (secondary N) is 1. The highest BCUT2D eigenvalue weighted by Gasteiger charge is 2.14. The molecule has 0 unspecified atom stereocenters. The van der Waals surface area contributed by atoms with Crippen molar-refractivity contribution < 1.29 is 9.15 Å². The second kappa shape index (κ2) is 8.73. The van der Waals surface area contributed by atoms with Crippen LogP contribution in [0.3, 0.4) is 0 Å². The molecule has 0 amide bonds. The molecule has 0 aliphatic carbocycles. The van der Waals surface area contributed by atoms with Crippen LogP contribution in [-0.2, 0) is 0 Å². The second-order valence-corrected chi connectivity index (χ2v) is 6.86. The molecule has 0 bridgehead atoms. The Bertz CT molecular complexity index is 1290. The van der Waals surface area contributed by atoms with Gasteiger partial charge in [0.2, 0.25) is 5.69 Å². The number of nitriles is 1. The minimum Gasteiger partial charge on any atom is -0.495 e. The van der Waals surface area contributed by atoms with Crippen LogP contribution in [0.1, 0.15) is 17.1 Å². The lowest BCUT2D eigenvalue weighted by atomic mass is 10.1. The zero-order valence-corrected chi connectivity index (χ0v) is 17.5. The van der Waals surface area contributed by atoms with Gasteiger partial charge in [0.1, 0.15) is 17.5 Å². The number of anilines is 1. The van der Waals surface area contributed by atoms with Crippen molar-refractivity contribution in [3.8, 4) is 28.8 Å². The molecule has 31 heavy (non-hydrogen) atoms. The van der Waals surface area contributed by atoms with Crippen molar-refractivity contribution in [3.63, 3.8) is 0 Å². The quantitative estimate of drug-likeness (QED) is 0.346. The van der Waals surface area contributed by atoms with Crippen LogP contribution in [0, 0.1) is 18.3 Å². The van der Waals surface area contributed by atoms with E-state index in [1.807, 2.05) is 48.7 Å². The van der Waals surface area contributed by atoms with Crippen LogP contribution >= 0.6 is 11.6 Å². The van der Waals surface area contributed by atoms with E-state index in [-0.39, 0.29) is 11.6 Å². The summed E-state index contributed by atoms with van der Waals surface area (Å²) in [4.78, 5) is 3.98. The molecule has 0 fully saturated rings. The van der Waals surface area contributed by atoms with Gasteiger partial charge in [-0.05, 0) is 30.3 Å². The van der Waals surface area contributed by atoms with Gasteiger partial charge in [0, 0.05) is 24.2 Å². The van der Waals surface area contributed by atoms with Crippen molar-refractivity contribution in [2.75, 3.05) is 12.5 Å². The maximum Gasteiger partial charge on any atom is 0.252 e. The zero-order valence-electron chi connectivity index (χ0n) is 16.7. The Labute approximate surface area is 183 Å². The predicted molar refractivity (Wildman–Crippen MR) is 118 cm³/mol. The number of nitrogens with zero attached hydrogens (tertiary/aromatic N) is 5. The van der Waals surface area contributed by atoms with Gasteiger partial charge in [0.25, 0.3) is 5.88 Å². The molecule has 1 N–H and O–H groups in total. The summed E-state index contributed by atoms with van der Waals surface area (Å²) >= 11 is 6.32. The van der Waals surface area contributed by atoms with Gasteiger partial charge in [0.15, 0.2) is 5.89 Å². The molecule has 2 aromatic heterocycles. The number of rotatable bonds is 6. The van der Waals surface area contributed by atoms with E-state index >= 15 is 0 Å². The smallest absolute Gasteiger partial charge is 0.252 e. The molecule has 0 atom stereocenters. The van der Waals surface area contributed by atoms with Gasteiger partial charge in [-0.25, -0.2) is 15.1 Å². The van der Waals surface area contributed by atoms with Crippen molar-refractivity contribution in [2.24, 2.45) is 5.10 Å². The number of hydrogen-bond donors (Lipinski definition) is 1. The van der Waals surface area contributed by atoms with Gasteiger partial charge in [-0.15, -0.1) is 0 Å². The summed E-state index contributed by atoms with van der Waals surface area (Å²) < 4.78 is 12.4. The van der Waals surface area contributed by atoms with Crippen molar-refractivity contribution in [2.45, 2.75) is 6.92 Å². The monoisotopic (exact) mass is 432 g/mol. The number of methoxy groups -OCH3 is 1. The first-order chi connectivity index (χ1) is 15.1. The molecule has 0 radical (unpaired) electrons. The number of benzene rings is 2. The zero-order chi connectivity index (χ0) is 21.8. The average Bonchev–Trinajstić information content (AvgIpc) is 3.37. The number of oxazole rings is 1. The minimum absolute atomic E-state index is 0.136. The number of para-hydroxylation sites is 1. The molecule has 4 rings (SSSR count). The highest BCUT2D eigenvalue weighted by Crippen LogP contribution is 2.31. The summed E-state index contributed by atoms with van der Waals surface area (Å²) in [6, 6.07) is 17.1. The molecular weight excluding hydrogens is 416 g/mol. The van der Waals surface area contributed by atoms with Crippen molar-refractivity contribution in [1.82, 2.24) is 14.8 Å². The maximum absolute atomic E-state index is 9.14. The Morgan fingerprint density at radius 2 is 2.06 bits per heavy atom. The van der Waals surface area contributed by atoms with Gasteiger partial charge in [-0.3, -0.25) is 0 Å². The maximum atomic E-state index is 9.14. The number of ether oxygens (including phenoxy) is 1. The third-order valence-corrected chi connectivity index (χ3v) is 4.69. The van der Waals surface area contributed by atoms with Crippen molar-refractivity contribution >= 4 is 23.7 Å². The summed E-state index contributed by atoms with van der Waals surface area (Å²) in [6.45, 7) is 1.66. The highest BCUT2D eigenvalue weighted by molar-refractivity contribution is 6.32. The van der Waals surface area contributed by atoms with Gasteiger partial charge in [-0.2, -0.15) is 15.5 Å². The summed E-state index contributed by atoms with van der Waals surface area (Å²) in [6.07, 6.45) is 3.45. The largest absolute Gasteiger partial charge is 0.495 e. The molecule has 0 spiro atoms. The fourth-order valence-corrected chi connectivity index (χ4v) is 3.23. The normalized spacial score (nSPS) is 10.9. The first-order valence-corrected chi connectivity index (χ1v) is 9.62. The molecule has 154 valence electrons. The minimum atomic E-state index is 0.136. The number of halogens is 1. The molecule has 2 aromatic carbocycles. The summed E-state index contributed by atoms with van der Waals surface area (Å²) in [7, 11) is 1.56. The Hall–Kier alpha value is -4.09. The van der Waals surface area contributed by atoms with Gasteiger partial charge >= 0.3 is 0 Å². The van der Waals surface area contributed by atoms with E-state index in [9.17, 15) is 0 Å². The SMILES string of the molecule is COc1ccc(-c2nn(-c3ccccc3)cc2C=NNc2oc(C)nc2C#N)cc1Cl. The summed E-state index contributed by atoms with van der Waals surface area (Å²) in [5.41, 5.74) is 5.96.